The van der Waals surface area contributed by atoms with E-state index in [0.717, 1.165) is 22.7 Å². The lowest BCUT2D eigenvalue weighted by Gasteiger charge is -2.23. The number of nitro benzene ring substituents is 1. The summed E-state index contributed by atoms with van der Waals surface area (Å²) in [6.07, 6.45) is 2.44. The lowest BCUT2D eigenvalue weighted by atomic mass is 10.00. The van der Waals surface area contributed by atoms with E-state index in [0.29, 0.717) is 6.42 Å². The average molecular weight is 344 g/mol. The SMILES string of the molecule is O=[N+]([O-])c1ccc(C2CC(c3ccccn3)=NN2c2ccccc2)cc1. The van der Waals surface area contributed by atoms with E-state index in [1.165, 1.54) is 12.1 Å². The topological polar surface area (TPSA) is 71.6 Å². The highest BCUT2D eigenvalue weighted by molar-refractivity contribution is 6.01. The molecule has 128 valence electrons. The van der Waals surface area contributed by atoms with Crippen LogP contribution >= 0.6 is 0 Å². The van der Waals surface area contributed by atoms with E-state index < -0.39 is 0 Å². The maximum Gasteiger partial charge on any atom is 0.269 e. The molecule has 26 heavy (non-hydrogen) atoms. The standard InChI is InChI=1S/C20H16N4O2/c25-24(26)17-11-9-15(10-12-17)20-14-19(18-8-4-5-13-21-18)22-23(20)16-6-2-1-3-7-16/h1-13,20H,14H2. The zero-order valence-electron chi connectivity index (χ0n) is 13.9. The largest absolute Gasteiger partial charge is 0.269 e. The molecule has 6 heteroatoms. The Balaban J connectivity index is 1.72. The van der Waals surface area contributed by atoms with E-state index in [1.54, 1.807) is 18.3 Å². The Bertz CT molecular complexity index is 941. The van der Waals surface area contributed by atoms with E-state index in [1.807, 2.05) is 53.5 Å². The molecule has 1 atom stereocenters. The predicted octanol–water partition coefficient (Wildman–Crippen LogP) is 4.35. The lowest BCUT2D eigenvalue weighted by Crippen LogP contribution is -2.18. The van der Waals surface area contributed by atoms with Crippen molar-refractivity contribution in [3.63, 3.8) is 0 Å². The summed E-state index contributed by atoms with van der Waals surface area (Å²) in [6, 6.07) is 22.3. The Morgan fingerprint density at radius 3 is 2.35 bits per heavy atom. The van der Waals surface area contributed by atoms with Crippen LogP contribution in [0.4, 0.5) is 11.4 Å². The van der Waals surface area contributed by atoms with Crippen LogP contribution in [0.2, 0.25) is 0 Å². The molecule has 0 fully saturated rings. The van der Waals surface area contributed by atoms with Crippen molar-refractivity contribution in [2.45, 2.75) is 12.5 Å². The van der Waals surface area contributed by atoms with Crippen LogP contribution in [0.15, 0.2) is 84.1 Å². The quantitative estimate of drug-likeness (QED) is 0.521. The number of pyridine rings is 1. The van der Waals surface area contributed by atoms with Crippen molar-refractivity contribution < 1.29 is 4.92 Å². The Morgan fingerprint density at radius 1 is 0.962 bits per heavy atom. The zero-order valence-corrected chi connectivity index (χ0v) is 13.9. The summed E-state index contributed by atoms with van der Waals surface area (Å²) < 4.78 is 0. The zero-order chi connectivity index (χ0) is 17.9. The van der Waals surface area contributed by atoms with Crippen molar-refractivity contribution >= 4 is 17.1 Å². The van der Waals surface area contributed by atoms with Crippen molar-refractivity contribution in [1.29, 1.82) is 0 Å². The third-order valence-corrected chi connectivity index (χ3v) is 4.38. The van der Waals surface area contributed by atoms with Crippen LogP contribution in [0.1, 0.15) is 23.7 Å². The van der Waals surface area contributed by atoms with Gasteiger partial charge in [-0.15, -0.1) is 0 Å². The molecule has 6 nitrogen and oxygen atoms in total. The smallest absolute Gasteiger partial charge is 0.258 e. The fourth-order valence-electron chi connectivity index (χ4n) is 3.10. The van der Waals surface area contributed by atoms with Crippen LogP contribution < -0.4 is 5.01 Å². The molecule has 0 amide bonds. The van der Waals surface area contributed by atoms with Crippen molar-refractivity contribution in [2.24, 2.45) is 5.10 Å². The molecule has 0 aliphatic carbocycles. The fourth-order valence-corrected chi connectivity index (χ4v) is 3.10. The van der Waals surface area contributed by atoms with E-state index in [2.05, 4.69) is 4.98 Å². The van der Waals surface area contributed by atoms with Gasteiger partial charge in [-0.2, -0.15) is 5.10 Å². The normalized spacial score (nSPS) is 16.4. The van der Waals surface area contributed by atoms with Gasteiger partial charge in [-0.1, -0.05) is 36.4 Å². The fraction of sp³-hybridized carbons (Fsp3) is 0.100. The van der Waals surface area contributed by atoms with Crippen molar-refractivity contribution in [2.75, 3.05) is 5.01 Å². The summed E-state index contributed by atoms with van der Waals surface area (Å²) >= 11 is 0. The molecule has 3 aromatic rings. The van der Waals surface area contributed by atoms with Crippen LogP contribution in [0.25, 0.3) is 0 Å². The van der Waals surface area contributed by atoms with Gasteiger partial charge in [0.2, 0.25) is 0 Å². The summed E-state index contributed by atoms with van der Waals surface area (Å²) in [4.78, 5) is 14.9. The van der Waals surface area contributed by atoms with Crippen molar-refractivity contribution in [3.8, 4) is 0 Å². The van der Waals surface area contributed by atoms with Gasteiger partial charge < -0.3 is 0 Å². The van der Waals surface area contributed by atoms with Crippen LogP contribution in [0, 0.1) is 10.1 Å². The van der Waals surface area contributed by atoms with Gasteiger partial charge >= 0.3 is 0 Å². The monoisotopic (exact) mass is 344 g/mol. The number of nitrogens with zero attached hydrogens (tertiary/aromatic N) is 4. The van der Waals surface area contributed by atoms with Gasteiger partial charge in [-0.25, -0.2) is 0 Å². The second-order valence-corrected chi connectivity index (χ2v) is 6.01. The number of hydrazone groups is 1. The van der Waals surface area contributed by atoms with Crippen molar-refractivity contribution in [3.05, 3.63) is 100 Å². The number of para-hydroxylation sites is 1. The molecule has 0 radical (unpaired) electrons. The van der Waals surface area contributed by atoms with Gasteiger partial charge in [0.25, 0.3) is 5.69 Å². The highest BCUT2D eigenvalue weighted by Gasteiger charge is 2.30. The van der Waals surface area contributed by atoms with Gasteiger partial charge in [0, 0.05) is 24.8 Å². The number of non-ortho nitro benzene ring substituents is 1. The highest BCUT2D eigenvalue weighted by Crippen LogP contribution is 2.36. The first kappa shape index (κ1) is 16.0. The summed E-state index contributed by atoms with van der Waals surface area (Å²) in [6.45, 7) is 0. The average Bonchev–Trinajstić information content (AvgIpc) is 3.15. The number of nitro groups is 1. The number of hydrogen-bond donors (Lipinski definition) is 0. The third-order valence-electron chi connectivity index (χ3n) is 4.38. The Hall–Kier alpha value is -3.54. The molecule has 1 aliphatic heterocycles. The molecule has 1 aromatic heterocycles. The molecule has 0 bridgehead atoms. The molecule has 1 aliphatic rings. The third kappa shape index (κ3) is 3.04. The minimum absolute atomic E-state index is 0.0322. The predicted molar refractivity (Wildman–Crippen MR) is 100 cm³/mol. The van der Waals surface area contributed by atoms with E-state index in [-0.39, 0.29) is 16.7 Å². The first-order chi connectivity index (χ1) is 12.7. The maximum atomic E-state index is 10.9. The van der Waals surface area contributed by atoms with Crippen molar-refractivity contribution in [1.82, 2.24) is 4.98 Å². The van der Waals surface area contributed by atoms with Crippen LogP contribution in [0.3, 0.4) is 0 Å². The number of rotatable bonds is 4. The van der Waals surface area contributed by atoms with E-state index >= 15 is 0 Å². The number of hydrogen-bond acceptors (Lipinski definition) is 5. The van der Waals surface area contributed by atoms with Crippen LogP contribution in [-0.4, -0.2) is 15.6 Å². The first-order valence-electron chi connectivity index (χ1n) is 8.30. The second-order valence-electron chi connectivity index (χ2n) is 6.01. The van der Waals surface area contributed by atoms with Gasteiger partial charge in [0.1, 0.15) is 0 Å². The summed E-state index contributed by atoms with van der Waals surface area (Å²) in [5, 5.41) is 17.7. The molecule has 1 unspecified atom stereocenters. The minimum atomic E-state index is -0.386. The van der Waals surface area contributed by atoms with Crippen LogP contribution in [-0.2, 0) is 0 Å². The molecule has 2 aromatic carbocycles. The molecular formula is C20H16N4O2. The van der Waals surface area contributed by atoms with E-state index in [4.69, 9.17) is 5.10 Å². The summed E-state index contributed by atoms with van der Waals surface area (Å²) in [7, 11) is 0. The van der Waals surface area contributed by atoms with Gasteiger partial charge in [0.05, 0.1) is 28.1 Å². The van der Waals surface area contributed by atoms with Crippen LogP contribution in [0.5, 0.6) is 0 Å². The number of anilines is 1. The Labute approximate surface area is 150 Å². The van der Waals surface area contributed by atoms with Gasteiger partial charge in [-0.3, -0.25) is 20.1 Å². The summed E-state index contributed by atoms with van der Waals surface area (Å²) in [5.74, 6) is 0. The molecular weight excluding hydrogens is 328 g/mol. The molecule has 4 rings (SSSR count). The van der Waals surface area contributed by atoms with E-state index in [9.17, 15) is 10.1 Å². The maximum absolute atomic E-state index is 10.9. The Morgan fingerprint density at radius 2 is 1.69 bits per heavy atom. The summed E-state index contributed by atoms with van der Waals surface area (Å²) in [5.41, 5.74) is 3.79. The van der Waals surface area contributed by atoms with Gasteiger partial charge in [0.15, 0.2) is 0 Å². The van der Waals surface area contributed by atoms with Gasteiger partial charge in [-0.05, 0) is 29.8 Å². The molecule has 2 heterocycles. The molecule has 0 saturated carbocycles. The molecule has 0 saturated heterocycles. The number of aromatic nitrogens is 1. The highest BCUT2D eigenvalue weighted by atomic mass is 16.6. The first-order valence-corrected chi connectivity index (χ1v) is 8.30. The molecule has 0 N–H and O–H groups in total. The molecule has 0 spiro atoms. The lowest BCUT2D eigenvalue weighted by molar-refractivity contribution is -0.384. The minimum Gasteiger partial charge on any atom is -0.258 e. The number of benzene rings is 2. The Kier molecular flexibility index (Phi) is 4.15. The second kappa shape index (κ2) is 6.76.